The molecule has 0 fully saturated rings. The fourth-order valence-electron chi connectivity index (χ4n) is 1.70. The molecule has 0 N–H and O–H groups in total. The number of alkyl halides is 1. The summed E-state index contributed by atoms with van der Waals surface area (Å²) in [6.07, 6.45) is 1.45. The summed E-state index contributed by atoms with van der Waals surface area (Å²) in [6.45, 7) is 3.56. The van der Waals surface area contributed by atoms with Crippen LogP contribution in [-0.4, -0.2) is 21.7 Å². The summed E-state index contributed by atoms with van der Waals surface area (Å²) in [5.41, 5.74) is 0.427. The molecule has 0 aliphatic carbocycles. The van der Waals surface area contributed by atoms with Gasteiger partial charge in [0.25, 0.3) is 11.8 Å². The maximum Gasteiger partial charge on any atom is 0.264 e. The first kappa shape index (κ1) is 15.7. The molecule has 1 atom stereocenters. The molecular formula is C11H4Br4ClNO2. The second-order valence-electron chi connectivity index (χ2n) is 3.59. The minimum atomic E-state index is -0.583. The van der Waals surface area contributed by atoms with E-state index in [-0.39, 0.29) is 16.1 Å². The van der Waals surface area contributed by atoms with Crippen molar-refractivity contribution in [3.8, 4) is 0 Å². The molecule has 8 heteroatoms. The third-order valence-corrected chi connectivity index (χ3v) is 7.41. The highest BCUT2D eigenvalue weighted by Gasteiger charge is 2.43. The Hall–Kier alpha value is 0.310. The lowest BCUT2D eigenvalue weighted by molar-refractivity contribution is 0.0660. The van der Waals surface area contributed by atoms with Crippen molar-refractivity contribution in [3.05, 3.63) is 42.2 Å². The Morgan fingerprint density at radius 1 is 1.05 bits per heavy atom. The van der Waals surface area contributed by atoms with Crippen LogP contribution in [0.15, 0.2) is 26.1 Å². The summed E-state index contributed by atoms with van der Waals surface area (Å²) in [4.78, 5) is 25.2. The van der Waals surface area contributed by atoms with Crippen molar-refractivity contribution in [3.63, 3.8) is 0 Å². The van der Waals surface area contributed by atoms with Crippen molar-refractivity contribution in [1.82, 2.24) is 4.90 Å². The quantitative estimate of drug-likeness (QED) is 0.131. The average molecular weight is 537 g/mol. The number of benzene rings is 1. The number of fused-ring (bicyclic) bond motifs is 1. The normalized spacial score (nSPS) is 15.7. The summed E-state index contributed by atoms with van der Waals surface area (Å²) in [7, 11) is 0. The van der Waals surface area contributed by atoms with Gasteiger partial charge in [-0.2, -0.15) is 0 Å². The molecule has 3 nitrogen and oxygen atoms in total. The maximum atomic E-state index is 12.3. The zero-order chi connectivity index (χ0) is 14.5. The third kappa shape index (κ3) is 2.27. The van der Waals surface area contributed by atoms with Crippen molar-refractivity contribution < 1.29 is 9.59 Å². The van der Waals surface area contributed by atoms with Crippen LogP contribution in [0.25, 0.3) is 0 Å². The van der Waals surface area contributed by atoms with Crippen molar-refractivity contribution in [2.75, 3.05) is 0 Å². The summed E-state index contributed by atoms with van der Waals surface area (Å²) in [6, 6.07) is 0. The molecule has 0 bridgehead atoms. The molecule has 1 heterocycles. The lowest BCUT2D eigenvalue weighted by Gasteiger charge is -2.17. The molecule has 1 unspecified atom stereocenters. The SMILES string of the molecule is C=CC(Br)N1C(=O)c2c(Cl)c(Br)c(Br)c(Br)c2C1=O. The number of halogens is 5. The third-order valence-electron chi connectivity index (χ3n) is 2.57. The standard InChI is InChI=1S/C11H4Br4ClNO2/c1-2-3(12)17-10(18)4-5(11(17)19)9(16)8(15)7(14)6(4)13/h2-3H,1H2. The van der Waals surface area contributed by atoms with E-state index in [9.17, 15) is 9.59 Å². The van der Waals surface area contributed by atoms with Crippen LogP contribution in [0, 0.1) is 0 Å². The summed E-state index contributed by atoms with van der Waals surface area (Å²) < 4.78 is 1.60. The van der Waals surface area contributed by atoms with E-state index in [4.69, 9.17) is 11.6 Å². The minimum Gasteiger partial charge on any atom is -0.268 e. The van der Waals surface area contributed by atoms with Crippen molar-refractivity contribution in [2.45, 2.75) is 4.95 Å². The van der Waals surface area contributed by atoms with Crippen LogP contribution in [0.1, 0.15) is 20.7 Å². The smallest absolute Gasteiger partial charge is 0.264 e. The monoisotopic (exact) mass is 533 g/mol. The van der Waals surface area contributed by atoms with Crippen LogP contribution in [0.4, 0.5) is 0 Å². The van der Waals surface area contributed by atoms with Gasteiger partial charge in [0.05, 0.1) is 20.6 Å². The number of nitrogens with zero attached hydrogens (tertiary/aromatic N) is 1. The van der Waals surface area contributed by atoms with Gasteiger partial charge >= 0.3 is 0 Å². The van der Waals surface area contributed by atoms with E-state index >= 15 is 0 Å². The number of imide groups is 1. The van der Waals surface area contributed by atoms with Gasteiger partial charge in [0.1, 0.15) is 4.95 Å². The molecule has 0 aromatic heterocycles. The minimum absolute atomic E-state index is 0.180. The first-order valence-electron chi connectivity index (χ1n) is 4.83. The number of hydrogen-bond acceptors (Lipinski definition) is 2. The largest absolute Gasteiger partial charge is 0.268 e. The molecule has 1 aliphatic rings. The van der Waals surface area contributed by atoms with Crippen molar-refractivity contribution >= 4 is 87.1 Å². The van der Waals surface area contributed by atoms with E-state index in [1.54, 1.807) is 0 Å². The first-order valence-corrected chi connectivity index (χ1v) is 8.50. The van der Waals surface area contributed by atoms with Crippen LogP contribution < -0.4 is 0 Å². The number of rotatable bonds is 2. The predicted molar refractivity (Wildman–Crippen MR) is 88.0 cm³/mol. The molecule has 0 saturated heterocycles. The zero-order valence-corrected chi connectivity index (χ0v) is 16.1. The molecule has 19 heavy (non-hydrogen) atoms. The van der Waals surface area contributed by atoms with Gasteiger partial charge in [0.15, 0.2) is 0 Å². The van der Waals surface area contributed by atoms with Gasteiger partial charge < -0.3 is 0 Å². The van der Waals surface area contributed by atoms with Gasteiger partial charge in [-0.3, -0.25) is 14.5 Å². The molecule has 2 amide bonds. The van der Waals surface area contributed by atoms with Gasteiger partial charge in [-0.15, -0.1) is 6.58 Å². The summed E-state index contributed by atoms with van der Waals surface area (Å²) >= 11 is 19.3. The topological polar surface area (TPSA) is 37.4 Å². The Balaban J connectivity index is 2.76. The highest BCUT2D eigenvalue weighted by Crippen LogP contribution is 2.45. The van der Waals surface area contributed by atoms with E-state index < -0.39 is 16.8 Å². The van der Waals surface area contributed by atoms with E-state index in [2.05, 4.69) is 70.3 Å². The highest BCUT2D eigenvalue weighted by atomic mass is 79.9. The molecular weight excluding hydrogens is 533 g/mol. The lowest BCUT2D eigenvalue weighted by atomic mass is 10.1. The molecule has 2 rings (SSSR count). The molecule has 0 radical (unpaired) electrons. The Labute approximate surface area is 147 Å². The van der Waals surface area contributed by atoms with Gasteiger partial charge in [0, 0.05) is 8.95 Å². The maximum absolute atomic E-state index is 12.3. The second kappa shape index (κ2) is 5.60. The Morgan fingerprint density at radius 3 is 2.11 bits per heavy atom. The number of carbonyl (C=O) groups is 2. The van der Waals surface area contributed by atoms with Crippen LogP contribution in [0.2, 0.25) is 5.02 Å². The van der Waals surface area contributed by atoms with Gasteiger partial charge in [0.2, 0.25) is 0 Å². The fraction of sp³-hybridized carbons (Fsp3) is 0.0909. The Bertz CT molecular complexity index is 585. The first-order chi connectivity index (χ1) is 8.82. The van der Waals surface area contributed by atoms with Crippen molar-refractivity contribution in [1.29, 1.82) is 0 Å². The van der Waals surface area contributed by atoms with Crippen LogP contribution >= 0.6 is 75.3 Å². The van der Waals surface area contributed by atoms with E-state index in [1.165, 1.54) is 6.08 Å². The summed E-state index contributed by atoms with van der Waals surface area (Å²) in [5, 5.41) is 0.203. The number of hydrogen-bond donors (Lipinski definition) is 0. The summed E-state index contributed by atoms with van der Waals surface area (Å²) in [5.74, 6) is -0.885. The second-order valence-corrected chi connectivity index (χ2v) is 7.29. The molecule has 1 aromatic carbocycles. The predicted octanol–water partition coefficient (Wildman–Crippen LogP) is 5.13. The van der Waals surface area contributed by atoms with Gasteiger partial charge in [-0.1, -0.05) is 33.6 Å². The van der Waals surface area contributed by atoms with E-state index in [0.717, 1.165) is 4.90 Å². The molecule has 1 aromatic rings. The Kier molecular flexibility index (Phi) is 4.62. The fourth-order valence-corrected chi connectivity index (χ4v) is 4.08. The lowest BCUT2D eigenvalue weighted by Crippen LogP contribution is -2.34. The molecule has 100 valence electrons. The van der Waals surface area contributed by atoms with Crippen LogP contribution in [0.3, 0.4) is 0 Å². The van der Waals surface area contributed by atoms with Crippen LogP contribution in [0.5, 0.6) is 0 Å². The van der Waals surface area contributed by atoms with Gasteiger partial charge in [-0.05, 0) is 47.8 Å². The molecule has 0 saturated carbocycles. The zero-order valence-electron chi connectivity index (χ0n) is 9.02. The van der Waals surface area contributed by atoms with Gasteiger partial charge in [-0.25, -0.2) is 0 Å². The average Bonchev–Trinajstić information content (AvgIpc) is 2.64. The van der Waals surface area contributed by atoms with E-state index in [0.29, 0.717) is 13.4 Å². The number of carbonyl (C=O) groups excluding carboxylic acids is 2. The van der Waals surface area contributed by atoms with Crippen LogP contribution in [-0.2, 0) is 0 Å². The molecule has 0 spiro atoms. The van der Waals surface area contributed by atoms with E-state index in [1.807, 2.05) is 0 Å². The number of amides is 2. The highest BCUT2D eigenvalue weighted by molar-refractivity contribution is 9.14. The Morgan fingerprint density at radius 2 is 1.58 bits per heavy atom. The van der Waals surface area contributed by atoms with Crippen molar-refractivity contribution in [2.24, 2.45) is 0 Å². The molecule has 1 aliphatic heterocycles.